The summed E-state index contributed by atoms with van der Waals surface area (Å²) in [5, 5.41) is 23.0. The third-order valence-electron chi connectivity index (χ3n) is 8.09. The minimum Gasteiger partial charge on any atom is -0.479 e. The van der Waals surface area contributed by atoms with Crippen LogP contribution in [0, 0.1) is 11.8 Å². The average Bonchev–Trinajstić information content (AvgIpc) is 3.28. The molecule has 5 unspecified atom stereocenters. The predicted octanol–water partition coefficient (Wildman–Crippen LogP) is 2.00. The topological polar surface area (TPSA) is 179 Å². The maximum atomic E-state index is 14.2. The van der Waals surface area contributed by atoms with Gasteiger partial charge in [0.25, 0.3) is 0 Å². The van der Waals surface area contributed by atoms with Gasteiger partial charge in [0, 0.05) is 40.5 Å². The third kappa shape index (κ3) is 6.38. The van der Waals surface area contributed by atoms with Gasteiger partial charge in [-0.3, -0.25) is 13.8 Å². The van der Waals surface area contributed by atoms with Gasteiger partial charge in [0.15, 0.2) is 12.0 Å². The van der Waals surface area contributed by atoms with Gasteiger partial charge in [0.2, 0.25) is 11.8 Å². The van der Waals surface area contributed by atoms with Crippen LogP contribution in [0.15, 0.2) is 57.7 Å². The van der Waals surface area contributed by atoms with Crippen molar-refractivity contribution in [3.8, 4) is 0 Å². The van der Waals surface area contributed by atoms with Gasteiger partial charge in [-0.05, 0) is 40.5 Å². The van der Waals surface area contributed by atoms with Crippen LogP contribution in [0.4, 0.5) is 4.79 Å². The Labute approximate surface area is 251 Å². The summed E-state index contributed by atoms with van der Waals surface area (Å²) < 4.78 is 18.7. The SMILES string of the molecule is CC1[C@H](NC(=O)OC(C)(C)C)C(=O)N2C[C@H](C3N=NC(c4ccccc4)=N3)C[C@H]2C(=O)NC2(C(=O)O)CC2/C=C\CS1=O. The zero-order valence-corrected chi connectivity index (χ0v) is 25.2. The van der Waals surface area contributed by atoms with Crippen molar-refractivity contribution in [2.45, 2.75) is 75.2 Å². The number of hydrogen-bond acceptors (Lipinski definition) is 9. The first-order valence-electron chi connectivity index (χ1n) is 14.2. The zero-order valence-electron chi connectivity index (χ0n) is 24.4. The minimum absolute atomic E-state index is 0.0343. The van der Waals surface area contributed by atoms with Crippen molar-refractivity contribution in [1.82, 2.24) is 15.5 Å². The fourth-order valence-corrected chi connectivity index (χ4v) is 6.76. The van der Waals surface area contributed by atoms with Gasteiger partial charge in [-0.15, -0.1) is 5.11 Å². The van der Waals surface area contributed by atoms with E-state index >= 15 is 0 Å². The van der Waals surface area contributed by atoms with Crippen molar-refractivity contribution >= 4 is 40.5 Å². The number of fused-ring (bicyclic) bond motifs is 2. The lowest BCUT2D eigenvalue weighted by Crippen LogP contribution is -2.59. The summed E-state index contributed by atoms with van der Waals surface area (Å²) in [5.41, 5.74) is -1.59. The lowest BCUT2D eigenvalue weighted by molar-refractivity contribution is -0.145. The van der Waals surface area contributed by atoms with Gasteiger partial charge in [0.05, 0.1) is 5.25 Å². The number of carboxylic acid groups (broad SMARTS) is 1. The van der Waals surface area contributed by atoms with Crippen LogP contribution in [0.25, 0.3) is 0 Å². The van der Waals surface area contributed by atoms with Crippen molar-refractivity contribution < 1.29 is 33.2 Å². The van der Waals surface area contributed by atoms with Gasteiger partial charge >= 0.3 is 12.1 Å². The van der Waals surface area contributed by atoms with Crippen molar-refractivity contribution in [3.05, 3.63) is 48.0 Å². The molecule has 3 heterocycles. The van der Waals surface area contributed by atoms with E-state index in [1.807, 2.05) is 30.3 Å². The number of carboxylic acids is 1. The summed E-state index contributed by atoms with van der Waals surface area (Å²) in [6, 6.07) is 6.93. The molecule has 13 nitrogen and oxygen atoms in total. The summed E-state index contributed by atoms with van der Waals surface area (Å²) in [4.78, 5) is 59.0. The van der Waals surface area contributed by atoms with Gasteiger partial charge in [-0.2, -0.15) is 5.11 Å². The number of azo groups is 1. The van der Waals surface area contributed by atoms with Crippen LogP contribution in [0.2, 0.25) is 0 Å². The van der Waals surface area contributed by atoms with E-state index in [0.29, 0.717) is 5.84 Å². The summed E-state index contributed by atoms with van der Waals surface area (Å²) in [5.74, 6) is -2.87. The summed E-state index contributed by atoms with van der Waals surface area (Å²) in [6.07, 6.45) is 2.03. The standard InChI is InChI=1S/C29H36N6O7S/c1-16-21(30-27(40)42-28(2,3)4)25(37)35-15-18(23-31-22(33-34-23)17-9-6-5-7-10-17)13-20(35)24(36)32-29(26(38)39)14-19(29)11-8-12-43(16)41/h5-11,16,18-21,23H,12-15H2,1-4H3,(H,30,40)(H,32,36)(H,38,39)/b11-8-/t16?,18-,19?,20+,21+,23?,29?,43?/m1/s1. The van der Waals surface area contributed by atoms with E-state index in [0.717, 1.165) is 5.56 Å². The van der Waals surface area contributed by atoms with E-state index in [1.54, 1.807) is 39.8 Å². The molecule has 3 aliphatic heterocycles. The number of amides is 3. The van der Waals surface area contributed by atoms with E-state index in [1.165, 1.54) is 4.90 Å². The van der Waals surface area contributed by atoms with E-state index in [2.05, 4.69) is 25.9 Å². The van der Waals surface area contributed by atoms with Crippen LogP contribution in [0.5, 0.6) is 0 Å². The summed E-state index contributed by atoms with van der Waals surface area (Å²) in [6.45, 7) is 6.67. The molecule has 1 aromatic rings. The Morgan fingerprint density at radius 2 is 1.93 bits per heavy atom. The number of ether oxygens (including phenoxy) is 1. The Morgan fingerprint density at radius 1 is 1.21 bits per heavy atom. The first-order chi connectivity index (χ1) is 20.3. The summed E-state index contributed by atoms with van der Waals surface area (Å²) in [7, 11) is -1.63. The van der Waals surface area contributed by atoms with Crippen LogP contribution in [0.1, 0.15) is 46.1 Å². The fraction of sp³-hybridized carbons (Fsp3) is 0.552. The number of rotatable bonds is 4. The molecule has 1 saturated carbocycles. The van der Waals surface area contributed by atoms with E-state index in [9.17, 15) is 28.5 Å². The average molecular weight is 613 g/mol. The second-order valence-corrected chi connectivity index (χ2v) is 14.2. The Morgan fingerprint density at radius 3 is 2.60 bits per heavy atom. The second-order valence-electron chi connectivity index (χ2n) is 12.3. The number of aliphatic carboxylic acids is 1. The number of carbonyl (C=O) groups excluding carboxylic acids is 3. The first kappa shape index (κ1) is 30.5. The van der Waals surface area contributed by atoms with Gasteiger partial charge < -0.3 is 25.4 Å². The highest BCUT2D eigenvalue weighted by molar-refractivity contribution is 7.85. The number of alkyl carbamates (subject to hydrolysis) is 1. The number of benzene rings is 1. The number of carbonyl (C=O) groups is 4. The Bertz CT molecular complexity index is 1420. The Hall–Kier alpha value is -3.94. The second kappa shape index (κ2) is 11.6. The monoisotopic (exact) mass is 612 g/mol. The van der Waals surface area contributed by atoms with E-state index < -0.39 is 81.2 Å². The van der Waals surface area contributed by atoms with Gasteiger partial charge in [-0.1, -0.05) is 42.5 Å². The molecule has 0 bridgehead atoms. The van der Waals surface area contributed by atoms with E-state index in [-0.39, 0.29) is 25.1 Å². The molecule has 0 radical (unpaired) electrons. The van der Waals surface area contributed by atoms with Crippen molar-refractivity contribution in [1.29, 1.82) is 0 Å². The van der Waals surface area contributed by atoms with Crippen molar-refractivity contribution in [2.75, 3.05) is 12.3 Å². The van der Waals surface area contributed by atoms with Crippen molar-refractivity contribution in [2.24, 2.45) is 27.1 Å². The van der Waals surface area contributed by atoms with Crippen molar-refractivity contribution in [3.63, 3.8) is 0 Å². The highest BCUT2D eigenvalue weighted by atomic mass is 32.2. The van der Waals surface area contributed by atoms with Crippen LogP contribution in [-0.4, -0.2) is 90.9 Å². The molecule has 1 aliphatic carbocycles. The molecular weight excluding hydrogens is 576 g/mol. The number of amidine groups is 1. The third-order valence-corrected chi connectivity index (χ3v) is 9.71. The Balaban J connectivity index is 1.48. The van der Waals surface area contributed by atoms with Crippen LogP contribution in [0.3, 0.4) is 0 Å². The molecule has 43 heavy (non-hydrogen) atoms. The maximum absolute atomic E-state index is 14.2. The number of nitrogens with zero attached hydrogens (tertiary/aromatic N) is 4. The number of nitrogens with one attached hydrogen (secondary N) is 2. The molecule has 4 aliphatic rings. The molecule has 0 spiro atoms. The Kier molecular flexibility index (Phi) is 8.25. The van der Waals surface area contributed by atoms with Crippen LogP contribution >= 0.6 is 0 Å². The molecular formula is C29H36N6O7S. The zero-order chi connectivity index (χ0) is 31.1. The molecule has 3 N–H and O–H groups in total. The number of aliphatic imine (C=N–C) groups is 1. The lowest BCUT2D eigenvalue weighted by atomic mass is 10.0. The van der Waals surface area contributed by atoms with E-state index in [4.69, 9.17) is 4.74 Å². The molecule has 2 fully saturated rings. The smallest absolute Gasteiger partial charge is 0.408 e. The first-order valence-corrected chi connectivity index (χ1v) is 15.6. The van der Waals surface area contributed by atoms with Gasteiger partial charge in [-0.25, -0.2) is 14.6 Å². The number of hydrogen-bond donors (Lipinski definition) is 3. The van der Waals surface area contributed by atoms with Crippen LogP contribution in [-0.2, 0) is 29.9 Å². The molecule has 5 rings (SSSR count). The molecule has 0 aromatic heterocycles. The lowest BCUT2D eigenvalue weighted by Gasteiger charge is -2.32. The molecule has 1 aromatic carbocycles. The molecule has 8 atom stereocenters. The maximum Gasteiger partial charge on any atom is 0.408 e. The molecule has 14 heteroatoms. The highest BCUT2D eigenvalue weighted by Gasteiger charge is 2.61. The van der Waals surface area contributed by atoms with Crippen LogP contribution < -0.4 is 10.6 Å². The minimum atomic E-state index is -1.63. The molecule has 3 amide bonds. The largest absolute Gasteiger partial charge is 0.479 e. The fourth-order valence-electron chi connectivity index (χ4n) is 5.66. The van der Waals surface area contributed by atoms with Gasteiger partial charge in [0.1, 0.15) is 23.2 Å². The molecule has 1 saturated heterocycles. The molecule has 230 valence electrons. The quantitative estimate of drug-likeness (QED) is 0.435. The summed E-state index contributed by atoms with van der Waals surface area (Å²) >= 11 is 0. The highest BCUT2D eigenvalue weighted by Crippen LogP contribution is 2.45. The normalized spacial score (nSPS) is 34.8. The predicted molar refractivity (Wildman–Crippen MR) is 157 cm³/mol.